The number of rotatable bonds is 4. The summed E-state index contributed by atoms with van der Waals surface area (Å²) in [5, 5.41) is 10.4. The third-order valence-corrected chi connectivity index (χ3v) is 5.98. The lowest BCUT2D eigenvalue weighted by atomic mass is 10.2. The fourth-order valence-corrected chi connectivity index (χ4v) is 4.51. The molecule has 8 heteroatoms. The third-order valence-electron chi connectivity index (χ3n) is 4.03. The Morgan fingerprint density at radius 2 is 1.93 bits per heavy atom. The predicted molar refractivity (Wildman–Crippen MR) is 104 cm³/mol. The highest BCUT2D eigenvalue weighted by atomic mass is 32.2. The number of nitrogens with zero attached hydrogens (tertiary/aromatic N) is 4. The van der Waals surface area contributed by atoms with Crippen LogP contribution in [-0.2, 0) is 0 Å². The van der Waals surface area contributed by atoms with Crippen molar-refractivity contribution < 1.29 is 8.83 Å². The minimum atomic E-state index is 0.429. The smallest absolute Gasteiger partial charge is 0.283 e. The molecule has 0 saturated heterocycles. The molecule has 0 aliphatic rings. The molecule has 0 radical (unpaired) electrons. The molecule has 0 saturated carbocycles. The zero-order valence-corrected chi connectivity index (χ0v) is 15.8. The molecule has 0 fully saturated rings. The zero-order valence-electron chi connectivity index (χ0n) is 14.1. The molecule has 1 aromatic carbocycles. The van der Waals surface area contributed by atoms with Gasteiger partial charge in [0.1, 0.15) is 21.9 Å². The number of thiophene rings is 1. The molecule has 0 N–H and O–H groups in total. The molecule has 132 valence electrons. The van der Waals surface area contributed by atoms with Crippen LogP contribution in [0.15, 0.2) is 74.1 Å². The van der Waals surface area contributed by atoms with Crippen molar-refractivity contribution in [2.75, 3.05) is 0 Å². The summed E-state index contributed by atoms with van der Waals surface area (Å²) in [6, 6.07) is 14.1. The summed E-state index contributed by atoms with van der Waals surface area (Å²) in [5.74, 6) is 1.18. The first-order valence-electron chi connectivity index (χ1n) is 8.14. The van der Waals surface area contributed by atoms with Gasteiger partial charge in [-0.05, 0) is 36.4 Å². The molecule has 0 atom stereocenters. The van der Waals surface area contributed by atoms with Crippen LogP contribution in [0.1, 0.15) is 5.76 Å². The largest absolute Gasteiger partial charge is 0.469 e. The second kappa shape index (κ2) is 6.64. The van der Waals surface area contributed by atoms with Crippen LogP contribution in [0.5, 0.6) is 0 Å². The first kappa shape index (κ1) is 16.2. The molecule has 0 aliphatic heterocycles. The Hall–Kier alpha value is -2.97. The monoisotopic (exact) mass is 392 g/mol. The predicted octanol–water partition coefficient (Wildman–Crippen LogP) is 5.46. The minimum Gasteiger partial charge on any atom is -0.469 e. The summed E-state index contributed by atoms with van der Waals surface area (Å²) in [6.45, 7) is 1.86. The minimum absolute atomic E-state index is 0.429. The van der Waals surface area contributed by atoms with E-state index in [0.29, 0.717) is 11.1 Å². The highest BCUT2D eigenvalue weighted by Gasteiger charge is 2.17. The van der Waals surface area contributed by atoms with Gasteiger partial charge in [-0.3, -0.25) is 0 Å². The van der Waals surface area contributed by atoms with E-state index in [1.807, 2.05) is 31.2 Å². The summed E-state index contributed by atoms with van der Waals surface area (Å²) < 4.78 is 11.1. The van der Waals surface area contributed by atoms with Gasteiger partial charge in [0.15, 0.2) is 0 Å². The first-order valence-corrected chi connectivity index (χ1v) is 9.77. The summed E-state index contributed by atoms with van der Waals surface area (Å²) in [6.07, 6.45) is 3.17. The highest BCUT2D eigenvalue weighted by molar-refractivity contribution is 7.99. The average molecular weight is 392 g/mol. The van der Waals surface area contributed by atoms with E-state index in [9.17, 15) is 0 Å². The first-order chi connectivity index (χ1) is 13.3. The molecule has 6 nitrogen and oxygen atoms in total. The summed E-state index contributed by atoms with van der Waals surface area (Å²) in [4.78, 5) is 10.9. The molecule has 5 aromatic rings. The molecular weight excluding hydrogens is 380 g/mol. The standard InChI is InChI=1S/C19H12N4O2S2/c1-11-13(7-8-24-11)16-22-23-19(25-16)27-18-14-9-15(12-5-3-2-4-6-12)26-17(14)20-10-21-18/h2-10H,1H3. The molecule has 0 spiro atoms. The molecule has 5 rings (SSSR count). The van der Waals surface area contributed by atoms with Crippen molar-refractivity contribution in [3.05, 3.63) is 60.8 Å². The normalized spacial score (nSPS) is 11.3. The van der Waals surface area contributed by atoms with Crippen LogP contribution in [0.3, 0.4) is 0 Å². The van der Waals surface area contributed by atoms with Gasteiger partial charge < -0.3 is 8.83 Å². The number of aryl methyl sites for hydroxylation is 1. The molecule has 0 amide bonds. The summed E-state index contributed by atoms with van der Waals surface area (Å²) in [5.41, 5.74) is 1.95. The van der Waals surface area contributed by atoms with Crippen molar-refractivity contribution in [2.45, 2.75) is 17.2 Å². The zero-order chi connectivity index (χ0) is 18.2. The second-order valence-electron chi connectivity index (χ2n) is 5.74. The number of hydrogen-bond acceptors (Lipinski definition) is 8. The van der Waals surface area contributed by atoms with Crippen LogP contribution in [0.2, 0.25) is 0 Å². The Morgan fingerprint density at radius 1 is 1.04 bits per heavy atom. The van der Waals surface area contributed by atoms with Crippen LogP contribution in [0, 0.1) is 6.92 Å². The maximum absolute atomic E-state index is 5.78. The maximum atomic E-state index is 5.78. The molecular formula is C19H12N4O2S2. The van der Waals surface area contributed by atoms with Crippen LogP contribution < -0.4 is 0 Å². The van der Waals surface area contributed by atoms with Crippen molar-refractivity contribution in [3.63, 3.8) is 0 Å². The van der Waals surface area contributed by atoms with Crippen molar-refractivity contribution in [3.8, 4) is 21.9 Å². The summed E-state index contributed by atoms with van der Waals surface area (Å²) in [7, 11) is 0. The van der Waals surface area contributed by atoms with E-state index in [1.54, 1.807) is 23.9 Å². The van der Waals surface area contributed by atoms with Gasteiger partial charge in [0.05, 0.1) is 11.8 Å². The Morgan fingerprint density at radius 3 is 2.74 bits per heavy atom. The van der Waals surface area contributed by atoms with E-state index >= 15 is 0 Å². The number of aromatic nitrogens is 4. The van der Waals surface area contributed by atoms with Crippen molar-refractivity contribution in [2.24, 2.45) is 0 Å². The summed E-state index contributed by atoms with van der Waals surface area (Å²) >= 11 is 2.97. The van der Waals surface area contributed by atoms with E-state index in [2.05, 4.69) is 38.4 Å². The lowest BCUT2D eigenvalue weighted by molar-refractivity contribution is 0.463. The number of hydrogen-bond donors (Lipinski definition) is 0. The second-order valence-corrected chi connectivity index (χ2v) is 7.71. The van der Waals surface area contributed by atoms with Crippen LogP contribution in [-0.4, -0.2) is 20.2 Å². The van der Waals surface area contributed by atoms with E-state index in [-0.39, 0.29) is 0 Å². The Balaban J connectivity index is 1.50. The fraction of sp³-hybridized carbons (Fsp3) is 0.0526. The third kappa shape index (κ3) is 3.02. The van der Waals surface area contributed by atoms with Gasteiger partial charge in [0.2, 0.25) is 0 Å². The molecule has 0 aliphatic carbocycles. The van der Waals surface area contributed by atoms with Gasteiger partial charge in [0.25, 0.3) is 11.1 Å². The Bertz CT molecular complexity index is 1230. The van der Waals surface area contributed by atoms with Gasteiger partial charge in [0, 0.05) is 10.3 Å². The molecule has 0 unspecified atom stereocenters. The number of furan rings is 1. The van der Waals surface area contributed by atoms with Gasteiger partial charge in [-0.15, -0.1) is 21.5 Å². The number of benzene rings is 1. The van der Waals surface area contributed by atoms with Gasteiger partial charge >= 0.3 is 0 Å². The fourth-order valence-electron chi connectivity index (χ4n) is 2.71. The van der Waals surface area contributed by atoms with E-state index < -0.39 is 0 Å². The topological polar surface area (TPSA) is 77.8 Å². The SMILES string of the molecule is Cc1occc1-c1nnc(Sc2ncnc3sc(-c4ccccc4)cc23)o1. The van der Waals surface area contributed by atoms with E-state index in [0.717, 1.165) is 37.0 Å². The molecule has 27 heavy (non-hydrogen) atoms. The van der Waals surface area contributed by atoms with Crippen LogP contribution in [0.25, 0.3) is 32.1 Å². The van der Waals surface area contributed by atoms with Gasteiger partial charge in [-0.2, -0.15) is 0 Å². The van der Waals surface area contributed by atoms with E-state index in [4.69, 9.17) is 8.83 Å². The lowest BCUT2D eigenvalue weighted by Gasteiger charge is -1.97. The Labute approximate surface area is 162 Å². The van der Waals surface area contributed by atoms with Crippen molar-refractivity contribution in [1.29, 1.82) is 0 Å². The number of fused-ring (bicyclic) bond motifs is 1. The van der Waals surface area contributed by atoms with Crippen molar-refractivity contribution in [1.82, 2.24) is 20.2 Å². The molecule has 4 aromatic heterocycles. The van der Waals surface area contributed by atoms with Crippen LogP contribution >= 0.6 is 23.1 Å². The van der Waals surface area contributed by atoms with Gasteiger partial charge in [-0.25, -0.2) is 9.97 Å². The van der Waals surface area contributed by atoms with Crippen LogP contribution in [0.4, 0.5) is 0 Å². The lowest BCUT2D eigenvalue weighted by Crippen LogP contribution is -1.83. The average Bonchev–Trinajstić information content (AvgIpc) is 3.42. The molecule has 4 heterocycles. The van der Waals surface area contributed by atoms with E-state index in [1.165, 1.54) is 11.8 Å². The van der Waals surface area contributed by atoms with Gasteiger partial charge in [-0.1, -0.05) is 30.3 Å². The highest BCUT2D eigenvalue weighted by Crippen LogP contribution is 2.38. The maximum Gasteiger partial charge on any atom is 0.283 e. The molecule has 0 bridgehead atoms. The quantitative estimate of drug-likeness (QED) is 0.376. The van der Waals surface area contributed by atoms with Crippen molar-refractivity contribution >= 4 is 33.3 Å². The Kier molecular flexibility index (Phi) is 3.99.